The first kappa shape index (κ1) is 12.5. The number of ether oxygens (including phenoxy) is 1. The molecule has 0 unspecified atom stereocenters. The smallest absolute Gasteiger partial charge is 0.338 e. The van der Waals surface area contributed by atoms with E-state index in [0.29, 0.717) is 18.1 Å². The highest BCUT2D eigenvalue weighted by Gasteiger charge is 2.10. The van der Waals surface area contributed by atoms with Crippen LogP contribution in [0.1, 0.15) is 24.2 Å². The summed E-state index contributed by atoms with van der Waals surface area (Å²) in [4.78, 5) is 16.0. The lowest BCUT2D eigenvalue weighted by molar-refractivity contribution is 0.0459. The molecule has 0 saturated carbocycles. The molecule has 1 heterocycles. The molecular weight excluding hydrogens is 302 g/mol. The Morgan fingerprint density at radius 3 is 3.00 bits per heavy atom. The van der Waals surface area contributed by atoms with Gasteiger partial charge in [-0.2, -0.15) is 0 Å². The predicted octanol–water partition coefficient (Wildman–Crippen LogP) is 3.87. The lowest BCUT2D eigenvalue weighted by Gasteiger charge is -2.06. The van der Waals surface area contributed by atoms with E-state index in [4.69, 9.17) is 4.74 Å². The summed E-state index contributed by atoms with van der Waals surface area (Å²) in [7, 11) is 0. The predicted molar refractivity (Wildman–Crippen MR) is 72.4 cm³/mol. The summed E-state index contributed by atoms with van der Waals surface area (Å²) < 4.78 is 6.98. The van der Waals surface area contributed by atoms with Crippen molar-refractivity contribution in [2.24, 2.45) is 5.92 Å². The van der Waals surface area contributed by atoms with Crippen LogP contribution in [-0.4, -0.2) is 17.6 Å². The number of esters is 1. The molecule has 17 heavy (non-hydrogen) atoms. The second kappa shape index (κ2) is 5.14. The van der Waals surface area contributed by atoms with E-state index in [2.05, 4.69) is 20.9 Å². The van der Waals surface area contributed by atoms with Gasteiger partial charge < -0.3 is 4.74 Å². The zero-order chi connectivity index (χ0) is 12.4. The van der Waals surface area contributed by atoms with Crippen LogP contribution in [-0.2, 0) is 4.74 Å². The van der Waals surface area contributed by atoms with Crippen LogP contribution in [0.3, 0.4) is 0 Å². The van der Waals surface area contributed by atoms with Crippen LogP contribution in [0.4, 0.5) is 0 Å². The summed E-state index contributed by atoms with van der Waals surface area (Å²) in [6.07, 6.45) is 0. The molecule has 5 heteroatoms. The Morgan fingerprint density at radius 2 is 2.29 bits per heavy atom. The van der Waals surface area contributed by atoms with Crippen molar-refractivity contribution in [2.75, 3.05) is 6.61 Å². The van der Waals surface area contributed by atoms with Crippen LogP contribution < -0.4 is 0 Å². The third-order valence-electron chi connectivity index (χ3n) is 2.15. The first-order valence-corrected chi connectivity index (χ1v) is 6.90. The highest BCUT2D eigenvalue weighted by molar-refractivity contribution is 9.11. The number of hydrogen-bond donors (Lipinski definition) is 0. The number of benzene rings is 1. The summed E-state index contributed by atoms with van der Waals surface area (Å²) in [5, 5.41) is 0. The summed E-state index contributed by atoms with van der Waals surface area (Å²) in [6, 6.07) is 5.40. The van der Waals surface area contributed by atoms with E-state index in [1.807, 2.05) is 26.0 Å². The van der Waals surface area contributed by atoms with E-state index >= 15 is 0 Å². The second-order valence-corrected chi connectivity index (χ2v) is 6.45. The van der Waals surface area contributed by atoms with Gasteiger partial charge in [-0.15, -0.1) is 11.3 Å². The fourth-order valence-corrected chi connectivity index (χ4v) is 2.79. The molecule has 0 amide bonds. The number of nitrogens with zero attached hydrogens (tertiary/aromatic N) is 1. The minimum atomic E-state index is -0.273. The first-order valence-electron chi connectivity index (χ1n) is 5.29. The lowest BCUT2D eigenvalue weighted by atomic mass is 10.2. The largest absolute Gasteiger partial charge is 0.462 e. The molecule has 0 spiro atoms. The Labute approximate surface area is 112 Å². The maximum atomic E-state index is 11.7. The third-order valence-corrected chi connectivity index (χ3v) is 3.62. The van der Waals surface area contributed by atoms with E-state index in [9.17, 15) is 4.79 Å². The second-order valence-electron chi connectivity index (χ2n) is 4.14. The van der Waals surface area contributed by atoms with Crippen molar-refractivity contribution in [1.82, 2.24) is 4.98 Å². The van der Waals surface area contributed by atoms with Gasteiger partial charge in [-0.1, -0.05) is 13.8 Å². The fourth-order valence-electron chi connectivity index (χ4n) is 1.35. The zero-order valence-electron chi connectivity index (χ0n) is 9.57. The molecule has 0 saturated heterocycles. The van der Waals surface area contributed by atoms with Gasteiger partial charge in [0.1, 0.15) is 0 Å². The van der Waals surface area contributed by atoms with Gasteiger partial charge in [-0.3, -0.25) is 0 Å². The molecule has 0 fully saturated rings. The summed E-state index contributed by atoms with van der Waals surface area (Å²) >= 11 is 4.83. The Morgan fingerprint density at radius 1 is 1.53 bits per heavy atom. The monoisotopic (exact) mass is 313 g/mol. The van der Waals surface area contributed by atoms with Gasteiger partial charge >= 0.3 is 5.97 Å². The number of thiazole rings is 1. The number of aromatic nitrogens is 1. The number of halogens is 1. The molecular formula is C12H12BrNO2S. The van der Waals surface area contributed by atoms with Crippen molar-refractivity contribution in [2.45, 2.75) is 13.8 Å². The maximum Gasteiger partial charge on any atom is 0.338 e. The molecule has 2 aromatic rings. The van der Waals surface area contributed by atoms with Crippen molar-refractivity contribution in [3.8, 4) is 0 Å². The molecule has 0 atom stereocenters. The van der Waals surface area contributed by atoms with Crippen LogP contribution in [0, 0.1) is 5.92 Å². The van der Waals surface area contributed by atoms with Crippen LogP contribution in [0.15, 0.2) is 22.1 Å². The van der Waals surface area contributed by atoms with E-state index in [1.165, 1.54) is 11.3 Å². The fraction of sp³-hybridized carbons (Fsp3) is 0.333. The Balaban J connectivity index is 2.20. The normalized spacial score (nSPS) is 11.1. The average Bonchev–Trinajstić information content (AvgIpc) is 2.64. The first-order chi connectivity index (χ1) is 8.06. The molecule has 1 aromatic heterocycles. The highest BCUT2D eigenvalue weighted by atomic mass is 79.9. The molecule has 0 aliphatic rings. The summed E-state index contributed by atoms with van der Waals surface area (Å²) in [5.41, 5.74) is 1.47. The van der Waals surface area contributed by atoms with E-state index in [1.54, 1.807) is 6.07 Å². The van der Waals surface area contributed by atoms with E-state index in [0.717, 1.165) is 14.1 Å². The van der Waals surface area contributed by atoms with E-state index < -0.39 is 0 Å². The van der Waals surface area contributed by atoms with Gasteiger partial charge in [0.05, 0.1) is 22.4 Å². The van der Waals surface area contributed by atoms with Crippen molar-refractivity contribution in [3.63, 3.8) is 0 Å². The zero-order valence-corrected chi connectivity index (χ0v) is 12.0. The molecule has 0 N–H and O–H groups in total. The van der Waals surface area contributed by atoms with Gasteiger partial charge in [0, 0.05) is 0 Å². The van der Waals surface area contributed by atoms with Crippen molar-refractivity contribution >= 4 is 43.5 Å². The van der Waals surface area contributed by atoms with Gasteiger partial charge in [-0.05, 0) is 40.0 Å². The standard InChI is InChI=1S/C12H12BrNO2S/c1-7(2)6-16-11(15)8-3-4-9-10(5-8)17-12(13)14-9/h3-5,7H,6H2,1-2H3. The number of fused-ring (bicyclic) bond motifs is 1. The SMILES string of the molecule is CC(C)COC(=O)c1ccc2nc(Br)sc2c1. The molecule has 0 radical (unpaired) electrons. The van der Waals surface area contributed by atoms with Crippen LogP contribution in [0.2, 0.25) is 0 Å². The minimum absolute atomic E-state index is 0.273. The average molecular weight is 314 g/mol. The van der Waals surface area contributed by atoms with Gasteiger partial charge in [0.25, 0.3) is 0 Å². The van der Waals surface area contributed by atoms with Crippen molar-refractivity contribution in [3.05, 3.63) is 27.7 Å². The molecule has 2 rings (SSSR count). The van der Waals surface area contributed by atoms with E-state index in [-0.39, 0.29) is 5.97 Å². The molecule has 3 nitrogen and oxygen atoms in total. The molecule has 1 aromatic carbocycles. The maximum absolute atomic E-state index is 11.7. The van der Waals surface area contributed by atoms with Gasteiger partial charge in [-0.25, -0.2) is 9.78 Å². The van der Waals surface area contributed by atoms with Crippen LogP contribution in [0.5, 0.6) is 0 Å². The quantitative estimate of drug-likeness (QED) is 0.807. The van der Waals surface area contributed by atoms with Crippen LogP contribution in [0.25, 0.3) is 10.2 Å². The summed E-state index contributed by atoms with van der Waals surface area (Å²) in [5.74, 6) is 0.0744. The topological polar surface area (TPSA) is 39.2 Å². The minimum Gasteiger partial charge on any atom is -0.462 e. The summed E-state index contributed by atoms with van der Waals surface area (Å²) in [6.45, 7) is 4.47. The van der Waals surface area contributed by atoms with Crippen molar-refractivity contribution in [1.29, 1.82) is 0 Å². The number of hydrogen-bond acceptors (Lipinski definition) is 4. The van der Waals surface area contributed by atoms with Crippen molar-refractivity contribution < 1.29 is 9.53 Å². The van der Waals surface area contributed by atoms with Gasteiger partial charge in [0.2, 0.25) is 0 Å². The van der Waals surface area contributed by atoms with Crippen LogP contribution >= 0.6 is 27.3 Å². The molecule has 0 bridgehead atoms. The highest BCUT2D eigenvalue weighted by Crippen LogP contribution is 2.26. The number of carbonyl (C=O) groups excluding carboxylic acids is 1. The molecule has 0 aliphatic heterocycles. The lowest BCUT2D eigenvalue weighted by Crippen LogP contribution is -2.09. The molecule has 0 aliphatic carbocycles. The Bertz CT molecular complexity index is 550. The molecule has 90 valence electrons. The Hall–Kier alpha value is -0.940. The number of rotatable bonds is 3. The Kier molecular flexibility index (Phi) is 3.79. The number of carbonyl (C=O) groups is 1. The third kappa shape index (κ3) is 3.04. The van der Waals surface area contributed by atoms with Gasteiger partial charge in [0.15, 0.2) is 3.92 Å².